The molecule has 3 rings (SSSR count). The van der Waals surface area contributed by atoms with Gasteiger partial charge in [0.05, 0.1) is 6.10 Å². The van der Waals surface area contributed by atoms with Gasteiger partial charge in [0.25, 0.3) is 0 Å². The highest BCUT2D eigenvalue weighted by Crippen LogP contribution is 2.58. The maximum atomic E-state index is 9.58. The molecule has 3 aliphatic carbocycles. The van der Waals surface area contributed by atoms with Crippen molar-refractivity contribution in [3.63, 3.8) is 0 Å². The molecule has 0 aromatic carbocycles. The van der Waals surface area contributed by atoms with Crippen LogP contribution in [0.3, 0.4) is 0 Å². The van der Waals surface area contributed by atoms with E-state index in [0.717, 1.165) is 23.7 Å². The van der Waals surface area contributed by atoms with E-state index in [4.69, 9.17) is 0 Å². The van der Waals surface area contributed by atoms with Gasteiger partial charge in [-0.25, -0.2) is 0 Å². The molecule has 16 heavy (non-hydrogen) atoms. The average molecular weight is 218 g/mol. The largest absolute Gasteiger partial charge is 0.393 e. The van der Waals surface area contributed by atoms with E-state index >= 15 is 0 Å². The van der Waals surface area contributed by atoms with Crippen LogP contribution in [0.1, 0.15) is 33.1 Å². The van der Waals surface area contributed by atoms with Crippen molar-refractivity contribution in [1.29, 1.82) is 0 Å². The van der Waals surface area contributed by atoms with Crippen molar-refractivity contribution >= 4 is 0 Å². The second-order valence-corrected chi connectivity index (χ2v) is 6.05. The Morgan fingerprint density at radius 2 is 2.25 bits per heavy atom. The number of aliphatic hydroxyl groups is 1. The monoisotopic (exact) mass is 218 g/mol. The van der Waals surface area contributed by atoms with Crippen LogP contribution in [-0.4, -0.2) is 11.2 Å². The molecule has 1 heteroatoms. The summed E-state index contributed by atoms with van der Waals surface area (Å²) in [5.41, 5.74) is 1.64. The third kappa shape index (κ3) is 1.48. The second-order valence-electron chi connectivity index (χ2n) is 6.05. The van der Waals surface area contributed by atoms with Gasteiger partial charge in [0.1, 0.15) is 0 Å². The molecule has 0 heterocycles. The summed E-state index contributed by atoms with van der Waals surface area (Å²) in [6.07, 6.45) is 11.0. The van der Waals surface area contributed by atoms with E-state index in [0.29, 0.717) is 5.92 Å². The lowest BCUT2D eigenvalue weighted by molar-refractivity contribution is 0.156. The summed E-state index contributed by atoms with van der Waals surface area (Å²) in [4.78, 5) is 0. The third-order valence-electron chi connectivity index (χ3n) is 5.10. The number of aliphatic hydroxyl groups excluding tert-OH is 1. The van der Waals surface area contributed by atoms with E-state index in [-0.39, 0.29) is 6.10 Å². The van der Waals surface area contributed by atoms with E-state index in [9.17, 15) is 5.11 Å². The molecule has 88 valence electrons. The molecule has 2 saturated carbocycles. The highest BCUT2D eigenvalue weighted by Gasteiger charge is 2.49. The van der Waals surface area contributed by atoms with Crippen LogP contribution < -0.4 is 0 Å². The zero-order valence-electron chi connectivity index (χ0n) is 10.3. The van der Waals surface area contributed by atoms with Crippen molar-refractivity contribution in [3.8, 4) is 0 Å². The minimum absolute atomic E-state index is 0.207. The Labute approximate surface area is 98.2 Å². The van der Waals surface area contributed by atoms with Crippen molar-refractivity contribution in [3.05, 3.63) is 23.8 Å². The Bertz CT molecular complexity index is 339. The molecule has 0 spiro atoms. The molecule has 0 amide bonds. The second kappa shape index (κ2) is 3.73. The lowest BCUT2D eigenvalue weighted by atomic mass is 9.78. The number of fused-ring (bicyclic) bond motifs is 5. The Morgan fingerprint density at radius 1 is 1.44 bits per heavy atom. The Morgan fingerprint density at radius 3 is 3.00 bits per heavy atom. The lowest BCUT2D eigenvalue weighted by Gasteiger charge is -2.27. The highest BCUT2D eigenvalue weighted by molar-refractivity contribution is 5.27. The van der Waals surface area contributed by atoms with E-state index in [1.165, 1.54) is 19.3 Å². The minimum atomic E-state index is -0.207. The van der Waals surface area contributed by atoms with Gasteiger partial charge in [-0.1, -0.05) is 30.7 Å². The number of rotatable bonds is 2. The standard InChI is InChI=1S/C15H22O/c1-9(10(2)16)6-11-7-12-8-15(11)14-5-3-4-13(12)14/h3,5-6,9-10,12-16H,4,7-8H2,1-2H3/b11-6+/t9?,10?,12?,13-,14-,15?/m1/s1. The van der Waals surface area contributed by atoms with Crippen LogP contribution in [0.25, 0.3) is 0 Å². The van der Waals surface area contributed by atoms with Gasteiger partial charge in [-0.2, -0.15) is 0 Å². The van der Waals surface area contributed by atoms with Crippen LogP contribution in [0.4, 0.5) is 0 Å². The molecule has 0 aromatic rings. The van der Waals surface area contributed by atoms with Gasteiger partial charge in [-0.15, -0.1) is 0 Å². The summed E-state index contributed by atoms with van der Waals surface area (Å²) in [7, 11) is 0. The summed E-state index contributed by atoms with van der Waals surface area (Å²) in [5, 5.41) is 9.58. The summed E-state index contributed by atoms with van der Waals surface area (Å²) in [5.74, 6) is 3.88. The Kier molecular flexibility index (Phi) is 2.47. The molecule has 0 saturated heterocycles. The van der Waals surface area contributed by atoms with Gasteiger partial charge in [0.2, 0.25) is 0 Å². The van der Waals surface area contributed by atoms with Gasteiger partial charge in [-0.3, -0.25) is 0 Å². The van der Waals surface area contributed by atoms with E-state index < -0.39 is 0 Å². The summed E-state index contributed by atoms with van der Waals surface area (Å²) in [6.45, 7) is 4.03. The minimum Gasteiger partial charge on any atom is -0.393 e. The normalized spacial score (nSPS) is 46.3. The maximum Gasteiger partial charge on any atom is 0.0572 e. The average Bonchev–Trinajstić information content (AvgIpc) is 2.87. The fourth-order valence-electron chi connectivity index (χ4n) is 4.05. The quantitative estimate of drug-likeness (QED) is 0.706. The predicted octanol–water partition coefficient (Wildman–Crippen LogP) is 3.16. The first kappa shape index (κ1) is 10.6. The molecular weight excluding hydrogens is 196 g/mol. The molecule has 2 bridgehead atoms. The van der Waals surface area contributed by atoms with E-state index in [1.807, 2.05) is 6.92 Å². The molecule has 1 N–H and O–H groups in total. The van der Waals surface area contributed by atoms with Crippen LogP contribution in [0.2, 0.25) is 0 Å². The van der Waals surface area contributed by atoms with Crippen molar-refractivity contribution in [2.24, 2.45) is 29.6 Å². The van der Waals surface area contributed by atoms with Gasteiger partial charge in [0.15, 0.2) is 0 Å². The first-order chi connectivity index (χ1) is 7.66. The molecular formula is C15H22O. The number of hydrogen-bond acceptors (Lipinski definition) is 1. The van der Waals surface area contributed by atoms with Crippen molar-refractivity contribution in [1.82, 2.24) is 0 Å². The first-order valence-corrected chi connectivity index (χ1v) is 6.72. The van der Waals surface area contributed by atoms with Crippen molar-refractivity contribution in [2.45, 2.75) is 39.2 Å². The molecule has 1 nitrogen and oxygen atoms in total. The van der Waals surface area contributed by atoms with Crippen LogP contribution >= 0.6 is 0 Å². The summed E-state index contributed by atoms with van der Waals surface area (Å²) < 4.78 is 0. The topological polar surface area (TPSA) is 20.2 Å². The van der Waals surface area contributed by atoms with E-state index in [1.54, 1.807) is 5.57 Å². The Balaban J connectivity index is 1.79. The maximum absolute atomic E-state index is 9.58. The van der Waals surface area contributed by atoms with Crippen LogP contribution in [0, 0.1) is 29.6 Å². The molecule has 0 aliphatic heterocycles. The van der Waals surface area contributed by atoms with Gasteiger partial charge >= 0.3 is 0 Å². The highest BCUT2D eigenvalue weighted by atomic mass is 16.3. The third-order valence-corrected chi connectivity index (χ3v) is 5.10. The van der Waals surface area contributed by atoms with Crippen LogP contribution in [-0.2, 0) is 0 Å². The zero-order chi connectivity index (χ0) is 11.3. The molecule has 0 aromatic heterocycles. The lowest BCUT2D eigenvalue weighted by Crippen LogP contribution is -2.20. The first-order valence-electron chi connectivity index (χ1n) is 6.72. The van der Waals surface area contributed by atoms with Crippen LogP contribution in [0.15, 0.2) is 23.8 Å². The molecule has 2 fully saturated rings. The Hall–Kier alpha value is -0.560. The van der Waals surface area contributed by atoms with Crippen molar-refractivity contribution < 1.29 is 5.11 Å². The molecule has 6 atom stereocenters. The summed E-state index contributed by atoms with van der Waals surface area (Å²) in [6, 6.07) is 0. The van der Waals surface area contributed by atoms with Gasteiger partial charge in [-0.05, 0) is 55.8 Å². The fourth-order valence-corrected chi connectivity index (χ4v) is 4.05. The SMILES string of the molecule is CC(O)C(C)/C=C1\CC2CC1[C@@H]1C=CC[C@H]21. The number of allylic oxidation sites excluding steroid dienone is 3. The molecule has 4 unspecified atom stereocenters. The predicted molar refractivity (Wildman–Crippen MR) is 65.9 cm³/mol. The van der Waals surface area contributed by atoms with Crippen molar-refractivity contribution in [2.75, 3.05) is 0 Å². The van der Waals surface area contributed by atoms with Crippen LogP contribution in [0.5, 0.6) is 0 Å². The zero-order valence-corrected chi connectivity index (χ0v) is 10.3. The van der Waals surface area contributed by atoms with Gasteiger partial charge in [0, 0.05) is 0 Å². The van der Waals surface area contributed by atoms with Gasteiger partial charge < -0.3 is 5.11 Å². The smallest absolute Gasteiger partial charge is 0.0572 e. The molecule has 0 radical (unpaired) electrons. The van der Waals surface area contributed by atoms with E-state index in [2.05, 4.69) is 25.2 Å². The molecule has 3 aliphatic rings. The fraction of sp³-hybridized carbons (Fsp3) is 0.733. The summed E-state index contributed by atoms with van der Waals surface area (Å²) >= 11 is 0. The number of hydrogen-bond donors (Lipinski definition) is 1.